The molecule has 2 aromatic heterocycles. The minimum atomic E-state index is -0.104. The summed E-state index contributed by atoms with van der Waals surface area (Å²) < 4.78 is 10.8. The third-order valence-corrected chi connectivity index (χ3v) is 4.54. The summed E-state index contributed by atoms with van der Waals surface area (Å²) in [6, 6.07) is 11.7. The standard InChI is InChI=1S/C18H18N4O3/c1-11-8-15(21-25-11)18-20-19-17(24-18)14-9-16(23)22(10-14)12(2)13-6-4-3-5-7-13/h3-8,12,14H,9-10H2,1-2H3. The van der Waals surface area contributed by atoms with Gasteiger partial charge in [0, 0.05) is 19.0 Å². The Morgan fingerprint density at radius 1 is 1.24 bits per heavy atom. The van der Waals surface area contributed by atoms with Crippen LogP contribution in [0.1, 0.15) is 42.5 Å². The first-order valence-corrected chi connectivity index (χ1v) is 8.23. The summed E-state index contributed by atoms with van der Waals surface area (Å²) in [5, 5.41) is 12.0. The molecular formula is C18H18N4O3. The lowest BCUT2D eigenvalue weighted by atomic mass is 10.1. The number of nitrogens with zero attached hydrogens (tertiary/aromatic N) is 4. The molecule has 0 bridgehead atoms. The summed E-state index contributed by atoms with van der Waals surface area (Å²) in [7, 11) is 0. The minimum absolute atomic E-state index is 0.0132. The maximum Gasteiger partial charge on any atom is 0.269 e. The van der Waals surface area contributed by atoms with E-state index < -0.39 is 0 Å². The molecule has 7 heteroatoms. The van der Waals surface area contributed by atoms with E-state index in [2.05, 4.69) is 15.4 Å². The molecular weight excluding hydrogens is 320 g/mol. The molecule has 0 radical (unpaired) electrons. The van der Waals surface area contributed by atoms with E-state index >= 15 is 0 Å². The van der Waals surface area contributed by atoms with Gasteiger partial charge < -0.3 is 13.8 Å². The summed E-state index contributed by atoms with van der Waals surface area (Å²) in [6.45, 7) is 4.40. The highest BCUT2D eigenvalue weighted by Crippen LogP contribution is 2.34. The summed E-state index contributed by atoms with van der Waals surface area (Å²) in [4.78, 5) is 14.3. The average Bonchev–Trinajstić information content (AvgIpc) is 3.34. The average molecular weight is 338 g/mol. The second-order valence-corrected chi connectivity index (χ2v) is 6.30. The Labute approximate surface area is 144 Å². The van der Waals surface area contributed by atoms with Gasteiger partial charge >= 0.3 is 0 Å². The van der Waals surface area contributed by atoms with Crippen molar-refractivity contribution >= 4 is 5.91 Å². The fourth-order valence-electron chi connectivity index (χ4n) is 3.15. The second kappa shape index (κ2) is 6.16. The first-order chi connectivity index (χ1) is 12.1. The number of aromatic nitrogens is 3. The van der Waals surface area contributed by atoms with Gasteiger partial charge in [0.1, 0.15) is 5.76 Å². The number of hydrogen-bond acceptors (Lipinski definition) is 6. The Kier molecular flexibility index (Phi) is 3.83. The highest BCUT2D eigenvalue weighted by molar-refractivity contribution is 5.80. The van der Waals surface area contributed by atoms with E-state index in [-0.39, 0.29) is 17.9 Å². The van der Waals surface area contributed by atoms with Crippen LogP contribution in [-0.4, -0.2) is 32.7 Å². The number of hydrogen-bond donors (Lipinski definition) is 0. The van der Waals surface area contributed by atoms with Crippen molar-refractivity contribution in [3.05, 3.63) is 53.6 Å². The van der Waals surface area contributed by atoms with Gasteiger partial charge in [-0.05, 0) is 19.4 Å². The molecule has 25 heavy (non-hydrogen) atoms. The molecule has 1 amide bonds. The Morgan fingerprint density at radius 2 is 2.04 bits per heavy atom. The maximum absolute atomic E-state index is 12.5. The number of likely N-dealkylation sites (tertiary alicyclic amines) is 1. The quantitative estimate of drug-likeness (QED) is 0.726. The van der Waals surface area contributed by atoms with Gasteiger partial charge in [-0.3, -0.25) is 4.79 Å². The van der Waals surface area contributed by atoms with Crippen molar-refractivity contribution in [1.29, 1.82) is 0 Å². The number of amides is 1. The van der Waals surface area contributed by atoms with Gasteiger partial charge in [-0.25, -0.2) is 0 Å². The summed E-state index contributed by atoms with van der Waals surface area (Å²) in [5.41, 5.74) is 1.62. The van der Waals surface area contributed by atoms with Crippen molar-refractivity contribution < 1.29 is 13.7 Å². The van der Waals surface area contributed by atoms with E-state index in [9.17, 15) is 4.79 Å². The first kappa shape index (κ1) is 15.6. The second-order valence-electron chi connectivity index (χ2n) is 6.30. The van der Waals surface area contributed by atoms with Crippen LogP contribution in [-0.2, 0) is 4.79 Å². The summed E-state index contributed by atoms with van der Waals surface area (Å²) in [6.07, 6.45) is 0.372. The third-order valence-electron chi connectivity index (χ3n) is 4.54. The van der Waals surface area contributed by atoms with Crippen LogP contribution >= 0.6 is 0 Å². The predicted octanol–water partition coefficient (Wildman–Crippen LogP) is 3.11. The zero-order valence-corrected chi connectivity index (χ0v) is 14.0. The van der Waals surface area contributed by atoms with Crippen LogP contribution in [0.5, 0.6) is 0 Å². The van der Waals surface area contributed by atoms with Crippen molar-refractivity contribution in [2.45, 2.75) is 32.2 Å². The summed E-state index contributed by atoms with van der Waals surface area (Å²) in [5.74, 6) is 1.44. The molecule has 0 saturated carbocycles. The van der Waals surface area contributed by atoms with E-state index in [4.69, 9.17) is 8.94 Å². The van der Waals surface area contributed by atoms with Crippen molar-refractivity contribution in [2.75, 3.05) is 6.54 Å². The number of rotatable bonds is 4. The normalized spacial score (nSPS) is 18.7. The monoisotopic (exact) mass is 338 g/mol. The first-order valence-electron chi connectivity index (χ1n) is 8.23. The van der Waals surface area contributed by atoms with E-state index in [1.807, 2.05) is 42.2 Å². The van der Waals surface area contributed by atoms with Gasteiger partial charge in [0.05, 0.1) is 12.0 Å². The molecule has 2 atom stereocenters. The number of benzene rings is 1. The van der Waals surface area contributed by atoms with Crippen LogP contribution in [0.4, 0.5) is 0 Å². The fraction of sp³-hybridized carbons (Fsp3) is 0.333. The van der Waals surface area contributed by atoms with Crippen LogP contribution in [0, 0.1) is 6.92 Å². The van der Waals surface area contributed by atoms with Crippen LogP contribution in [0.25, 0.3) is 11.6 Å². The van der Waals surface area contributed by atoms with Gasteiger partial charge in [0.25, 0.3) is 5.89 Å². The van der Waals surface area contributed by atoms with E-state index in [0.717, 1.165) is 5.56 Å². The molecule has 3 heterocycles. The van der Waals surface area contributed by atoms with Crippen LogP contribution < -0.4 is 0 Å². The highest BCUT2D eigenvalue weighted by Gasteiger charge is 2.37. The maximum atomic E-state index is 12.5. The zero-order valence-electron chi connectivity index (χ0n) is 14.0. The van der Waals surface area contributed by atoms with Crippen molar-refractivity contribution in [3.8, 4) is 11.6 Å². The smallest absolute Gasteiger partial charge is 0.269 e. The molecule has 1 aliphatic heterocycles. The van der Waals surface area contributed by atoms with Crippen molar-refractivity contribution in [3.63, 3.8) is 0 Å². The molecule has 7 nitrogen and oxygen atoms in total. The highest BCUT2D eigenvalue weighted by atomic mass is 16.5. The zero-order chi connectivity index (χ0) is 17.4. The molecule has 0 spiro atoms. The van der Waals surface area contributed by atoms with Crippen molar-refractivity contribution in [2.24, 2.45) is 0 Å². The van der Waals surface area contributed by atoms with Gasteiger partial charge in [0.2, 0.25) is 11.8 Å². The Morgan fingerprint density at radius 3 is 2.76 bits per heavy atom. The van der Waals surface area contributed by atoms with E-state index in [1.54, 1.807) is 13.0 Å². The van der Waals surface area contributed by atoms with Gasteiger partial charge in [-0.2, -0.15) is 0 Å². The number of carbonyl (C=O) groups excluding carboxylic acids is 1. The van der Waals surface area contributed by atoms with E-state index in [0.29, 0.717) is 36.2 Å². The molecule has 2 unspecified atom stereocenters. The van der Waals surface area contributed by atoms with Gasteiger partial charge in [-0.1, -0.05) is 35.5 Å². The molecule has 0 aliphatic carbocycles. The van der Waals surface area contributed by atoms with Crippen LogP contribution in [0.3, 0.4) is 0 Å². The number of carbonyl (C=O) groups is 1. The minimum Gasteiger partial charge on any atom is -0.419 e. The Balaban J connectivity index is 1.52. The fourth-order valence-corrected chi connectivity index (χ4v) is 3.15. The van der Waals surface area contributed by atoms with Crippen LogP contribution in [0.2, 0.25) is 0 Å². The van der Waals surface area contributed by atoms with Crippen molar-refractivity contribution in [1.82, 2.24) is 20.3 Å². The molecule has 1 aromatic carbocycles. The summed E-state index contributed by atoms with van der Waals surface area (Å²) >= 11 is 0. The Hall–Kier alpha value is -2.96. The van der Waals surface area contributed by atoms with Gasteiger partial charge in [-0.15, -0.1) is 10.2 Å². The van der Waals surface area contributed by atoms with E-state index in [1.165, 1.54) is 0 Å². The molecule has 1 aliphatic rings. The van der Waals surface area contributed by atoms with Crippen LogP contribution in [0.15, 0.2) is 45.3 Å². The topological polar surface area (TPSA) is 85.3 Å². The predicted molar refractivity (Wildman–Crippen MR) is 88.5 cm³/mol. The molecule has 3 aromatic rings. The molecule has 1 saturated heterocycles. The molecule has 4 rings (SSSR count). The number of aryl methyl sites for hydroxylation is 1. The molecule has 1 fully saturated rings. The lowest BCUT2D eigenvalue weighted by Gasteiger charge is -2.24. The third kappa shape index (κ3) is 2.93. The largest absolute Gasteiger partial charge is 0.419 e. The molecule has 0 N–H and O–H groups in total. The Bertz CT molecular complexity index is 887. The molecule has 128 valence electrons. The van der Waals surface area contributed by atoms with Gasteiger partial charge in [0.15, 0.2) is 5.69 Å². The lowest BCUT2D eigenvalue weighted by Crippen LogP contribution is -2.28. The SMILES string of the molecule is Cc1cc(-c2nnc(C3CC(=O)N(C(C)c4ccccc4)C3)o2)no1. The lowest BCUT2D eigenvalue weighted by molar-refractivity contribution is -0.129.